The molecule has 12 heteroatoms. The highest BCUT2D eigenvalue weighted by atomic mass is 19.4. The SMILES string of the molecule is O=C(Nc1ccc(-c2noc(C(F)(F)F)n2)cn1)OCc1ccc(N2CCCC2)nc1. The number of nitrogens with zero attached hydrogens (tertiary/aromatic N) is 5. The quantitative estimate of drug-likeness (QED) is 0.645. The van der Waals surface area contributed by atoms with Crippen molar-refractivity contribution in [3.63, 3.8) is 0 Å². The maximum absolute atomic E-state index is 12.5. The Kier molecular flexibility index (Phi) is 5.69. The number of anilines is 2. The minimum absolute atomic E-state index is 0.0281. The number of carbonyl (C=O) groups excluding carboxylic acids is 1. The minimum atomic E-state index is -4.73. The van der Waals surface area contributed by atoms with Crippen LogP contribution in [0.25, 0.3) is 11.4 Å². The third kappa shape index (κ3) is 5.08. The molecule has 1 amide bonds. The molecule has 0 aliphatic carbocycles. The van der Waals surface area contributed by atoms with E-state index in [1.54, 1.807) is 6.20 Å². The van der Waals surface area contributed by atoms with Crippen molar-refractivity contribution in [2.45, 2.75) is 25.6 Å². The van der Waals surface area contributed by atoms with Crippen molar-refractivity contribution in [3.05, 3.63) is 48.1 Å². The molecule has 0 saturated carbocycles. The van der Waals surface area contributed by atoms with Gasteiger partial charge in [0.1, 0.15) is 18.2 Å². The van der Waals surface area contributed by atoms with Gasteiger partial charge in [0.15, 0.2) is 0 Å². The molecule has 0 atom stereocenters. The van der Waals surface area contributed by atoms with Crippen LogP contribution in [-0.2, 0) is 17.5 Å². The first-order valence-corrected chi connectivity index (χ1v) is 9.39. The Bertz CT molecular complexity index is 1030. The van der Waals surface area contributed by atoms with E-state index in [4.69, 9.17) is 4.74 Å². The van der Waals surface area contributed by atoms with Gasteiger partial charge in [-0.05, 0) is 31.0 Å². The predicted octanol–water partition coefficient (Wildman–Crippen LogP) is 3.89. The first kappa shape index (κ1) is 20.6. The van der Waals surface area contributed by atoms with Gasteiger partial charge in [-0.3, -0.25) is 5.32 Å². The highest BCUT2D eigenvalue weighted by Gasteiger charge is 2.38. The van der Waals surface area contributed by atoms with Crippen molar-refractivity contribution in [2.24, 2.45) is 0 Å². The second kappa shape index (κ2) is 8.58. The van der Waals surface area contributed by atoms with Gasteiger partial charge in [0.25, 0.3) is 0 Å². The topological polar surface area (TPSA) is 106 Å². The van der Waals surface area contributed by atoms with Gasteiger partial charge in [0.2, 0.25) is 5.82 Å². The third-order valence-corrected chi connectivity index (χ3v) is 4.53. The van der Waals surface area contributed by atoms with Crippen LogP contribution in [0.5, 0.6) is 0 Å². The summed E-state index contributed by atoms with van der Waals surface area (Å²) in [6.45, 7) is 2.01. The van der Waals surface area contributed by atoms with Crippen LogP contribution >= 0.6 is 0 Å². The largest absolute Gasteiger partial charge is 0.471 e. The Morgan fingerprint density at radius 1 is 1.13 bits per heavy atom. The van der Waals surface area contributed by atoms with E-state index in [1.165, 1.54) is 18.3 Å². The number of aromatic nitrogens is 4. The molecule has 1 aliphatic heterocycles. The third-order valence-electron chi connectivity index (χ3n) is 4.53. The Balaban J connectivity index is 1.29. The fourth-order valence-corrected chi connectivity index (χ4v) is 2.98. The van der Waals surface area contributed by atoms with Crippen LogP contribution in [0.1, 0.15) is 24.3 Å². The lowest BCUT2D eigenvalue weighted by molar-refractivity contribution is -0.159. The van der Waals surface area contributed by atoms with E-state index in [1.807, 2.05) is 12.1 Å². The lowest BCUT2D eigenvalue weighted by atomic mass is 10.2. The van der Waals surface area contributed by atoms with Gasteiger partial charge in [-0.2, -0.15) is 18.2 Å². The molecule has 0 spiro atoms. The van der Waals surface area contributed by atoms with Crippen LogP contribution in [0, 0.1) is 0 Å². The van der Waals surface area contributed by atoms with E-state index < -0.39 is 18.2 Å². The van der Waals surface area contributed by atoms with Gasteiger partial charge in [-0.1, -0.05) is 11.2 Å². The smallest absolute Gasteiger partial charge is 0.444 e. The monoisotopic (exact) mass is 434 g/mol. The number of nitrogens with one attached hydrogen (secondary N) is 1. The maximum Gasteiger partial charge on any atom is 0.471 e. The van der Waals surface area contributed by atoms with Crippen LogP contribution < -0.4 is 10.2 Å². The van der Waals surface area contributed by atoms with Crippen molar-refractivity contribution in [2.75, 3.05) is 23.3 Å². The van der Waals surface area contributed by atoms with Gasteiger partial charge in [0, 0.05) is 36.6 Å². The second-order valence-corrected chi connectivity index (χ2v) is 6.77. The van der Waals surface area contributed by atoms with E-state index in [2.05, 4.69) is 34.8 Å². The van der Waals surface area contributed by atoms with E-state index >= 15 is 0 Å². The number of halogens is 3. The molecule has 1 N–H and O–H groups in total. The van der Waals surface area contributed by atoms with Gasteiger partial charge < -0.3 is 14.2 Å². The zero-order valence-electron chi connectivity index (χ0n) is 16.1. The van der Waals surface area contributed by atoms with Crippen molar-refractivity contribution >= 4 is 17.7 Å². The first-order chi connectivity index (χ1) is 14.9. The minimum Gasteiger partial charge on any atom is -0.444 e. The molecule has 0 radical (unpaired) electrons. The molecule has 3 aromatic heterocycles. The van der Waals surface area contributed by atoms with E-state index in [9.17, 15) is 18.0 Å². The summed E-state index contributed by atoms with van der Waals surface area (Å²) in [5.41, 5.74) is 0.932. The van der Waals surface area contributed by atoms with Gasteiger partial charge >= 0.3 is 18.2 Å². The number of ether oxygens (including phenoxy) is 1. The van der Waals surface area contributed by atoms with Gasteiger partial charge in [-0.25, -0.2) is 14.8 Å². The molecule has 1 fully saturated rings. The summed E-state index contributed by atoms with van der Waals surface area (Å²) in [6.07, 6.45) is -0.275. The van der Waals surface area contributed by atoms with Crippen LogP contribution in [0.2, 0.25) is 0 Å². The first-order valence-electron chi connectivity index (χ1n) is 9.39. The van der Waals surface area contributed by atoms with E-state index in [0.29, 0.717) is 0 Å². The molecule has 0 aromatic carbocycles. The van der Waals surface area contributed by atoms with E-state index in [0.717, 1.165) is 37.3 Å². The van der Waals surface area contributed by atoms with Crippen LogP contribution in [0.3, 0.4) is 0 Å². The van der Waals surface area contributed by atoms with E-state index in [-0.39, 0.29) is 23.8 Å². The number of hydrogen-bond donors (Lipinski definition) is 1. The fraction of sp³-hybridized carbons (Fsp3) is 0.316. The normalized spacial score (nSPS) is 14.0. The van der Waals surface area contributed by atoms with Crippen molar-refractivity contribution in [1.82, 2.24) is 20.1 Å². The van der Waals surface area contributed by atoms with Crippen LogP contribution in [-0.4, -0.2) is 39.3 Å². The molecule has 3 aromatic rings. The summed E-state index contributed by atoms with van der Waals surface area (Å²) < 4.78 is 46.9. The molecule has 4 rings (SSSR count). The fourth-order valence-electron chi connectivity index (χ4n) is 2.98. The summed E-state index contributed by atoms with van der Waals surface area (Å²) in [7, 11) is 0. The zero-order chi connectivity index (χ0) is 21.8. The number of carbonyl (C=O) groups is 1. The summed E-state index contributed by atoms with van der Waals surface area (Å²) in [5.74, 6) is -0.662. The highest BCUT2D eigenvalue weighted by Crippen LogP contribution is 2.29. The molecule has 162 valence electrons. The number of hydrogen-bond acceptors (Lipinski definition) is 8. The Labute approximate surface area is 174 Å². The molecule has 0 bridgehead atoms. The summed E-state index contributed by atoms with van der Waals surface area (Å²) in [5, 5.41) is 5.70. The van der Waals surface area contributed by atoms with Crippen LogP contribution in [0.15, 0.2) is 41.2 Å². The molecular formula is C19H17F3N6O3. The molecule has 1 aliphatic rings. The highest BCUT2D eigenvalue weighted by molar-refractivity contribution is 5.83. The maximum atomic E-state index is 12.5. The average molecular weight is 434 g/mol. The average Bonchev–Trinajstić information content (AvgIpc) is 3.45. The summed E-state index contributed by atoms with van der Waals surface area (Å²) in [4.78, 5) is 25.8. The molecule has 31 heavy (non-hydrogen) atoms. The number of pyridine rings is 2. The van der Waals surface area contributed by atoms with Crippen molar-refractivity contribution < 1.29 is 27.2 Å². The number of amides is 1. The lowest BCUT2D eigenvalue weighted by Gasteiger charge is -2.16. The van der Waals surface area contributed by atoms with Gasteiger partial charge in [0.05, 0.1) is 0 Å². The lowest BCUT2D eigenvalue weighted by Crippen LogP contribution is -2.19. The van der Waals surface area contributed by atoms with Gasteiger partial charge in [-0.15, -0.1) is 0 Å². The Morgan fingerprint density at radius 3 is 2.55 bits per heavy atom. The number of rotatable bonds is 5. The molecule has 1 saturated heterocycles. The second-order valence-electron chi connectivity index (χ2n) is 6.77. The molecular weight excluding hydrogens is 417 g/mol. The Hall–Kier alpha value is -3.70. The zero-order valence-corrected chi connectivity index (χ0v) is 16.1. The molecule has 9 nitrogen and oxygen atoms in total. The van der Waals surface area contributed by atoms with Crippen molar-refractivity contribution in [3.8, 4) is 11.4 Å². The number of alkyl halides is 3. The van der Waals surface area contributed by atoms with Crippen molar-refractivity contribution in [1.29, 1.82) is 0 Å². The molecule has 4 heterocycles. The van der Waals surface area contributed by atoms with Crippen LogP contribution in [0.4, 0.5) is 29.6 Å². The standard InChI is InChI=1S/C19H17F3N6O3/c20-19(21,22)17-26-16(27-31-17)13-4-5-14(23-10-13)25-18(29)30-11-12-3-6-15(24-9-12)28-7-1-2-8-28/h3-6,9-10H,1-2,7-8,11H2,(H,23,25,29). The Morgan fingerprint density at radius 2 is 1.94 bits per heavy atom. The summed E-state index contributed by atoms with van der Waals surface area (Å²) >= 11 is 0. The summed E-state index contributed by atoms with van der Waals surface area (Å²) in [6, 6.07) is 6.52. The molecule has 0 unspecified atom stereocenters. The predicted molar refractivity (Wildman–Crippen MR) is 102 cm³/mol.